The molecule has 6 aromatic heterocycles. The number of aromatic amines is 2. The van der Waals surface area contributed by atoms with Crippen molar-refractivity contribution in [3.05, 3.63) is 65.8 Å². The molecule has 0 aliphatic carbocycles. The van der Waals surface area contributed by atoms with Crippen LogP contribution in [0.3, 0.4) is 0 Å². The van der Waals surface area contributed by atoms with Crippen molar-refractivity contribution < 1.29 is 28.6 Å². The summed E-state index contributed by atoms with van der Waals surface area (Å²) in [6, 6.07) is 7.02. The number of carbonyl (C=O) groups excluding carboxylic acids is 3. The lowest BCUT2D eigenvalue weighted by Gasteiger charge is -2.34. The highest BCUT2D eigenvalue weighted by Crippen LogP contribution is 2.27. The highest BCUT2D eigenvalue weighted by Gasteiger charge is 2.30. The van der Waals surface area contributed by atoms with Gasteiger partial charge in [0.25, 0.3) is 0 Å². The third-order valence-electron chi connectivity index (χ3n) is 14.7. The predicted molar refractivity (Wildman–Crippen MR) is 350 cm³/mol. The molecule has 0 unspecified atom stereocenters. The van der Waals surface area contributed by atoms with Crippen LogP contribution in [0, 0.1) is 0 Å². The van der Waals surface area contributed by atoms with Crippen molar-refractivity contribution in [3.8, 4) is 0 Å². The molecule has 1 aromatic carbocycles. The first kappa shape index (κ1) is 67.7. The molecule has 27 nitrogen and oxygen atoms in total. The molecule has 7 aromatic rings. The fourth-order valence-corrected chi connectivity index (χ4v) is 11.6. The fraction of sp³-hybridized carbons (Fsp3) is 0.593. The number of halogens is 2. The summed E-state index contributed by atoms with van der Waals surface area (Å²) in [5, 5.41) is 38.6. The highest BCUT2D eigenvalue weighted by atomic mass is 35.5. The van der Waals surface area contributed by atoms with Gasteiger partial charge >= 0.3 is 12.2 Å². The lowest BCUT2D eigenvalue weighted by atomic mass is 10.1. The Bertz CT molecular complexity index is 3380. The summed E-state index contributed by atoms with van der Waals surface area (Å²) in [6.45, 7) is 25.7. The summed E-state index contributed by atoms with van der Waals surface area (Å²) < 4.78 is 18.4. The number of amides is 3. The number of nitrogens with two attached hydrogens (primary N) is 1. The minimum absolute atomic E-state index is 0.0266. The molecule has 0 spiro atoms. The van der Waals surface area contributed by atoms with Crippen LogP contribution in [0.4, 0.5) is 32.7 Å². The first-order chi connectivity index (χ1) is 42.4. The van der Waals surface area contributed by atoms with Gasteiger partial charge in [-0.2, -0.15) is 15.3 Å². The Kier molecular flexibility index (Phi) is 23.9. The van der Waals surface area contributed by atoms with Crippen molar-refractivity contribution in [1.82, 2.24) is 80.1 Å². The largest absolute Gasteiger partial charge is 0.444 e. The summed E-state index contributed by atoms with van der Waals surface area (Å²) in [4.78, 5) is 67.7. The topological polar surface area (TPSA) is 327 Å². The zero-order chi connectivity index (χ0) is 63.7. The highest BCUT2D eigenvalue weighted by molar-refractivity contribution is 6.76. The molecule has 0 bridgehead atoms. The first-order valence-corrected chi connectivity index (χ1v) is 35.1. The maximum absolute atomic E-state index is 12.6. The van der Waals surface area contributed by atoms with Crippen LogP contribution in [0.5, 0.6) is 0 Å². The number of fused-ring (bicyclic) bond motifs is 3. The molecule has 9 N–H and O–H groups in total. The van der Waals surface area contributed by atoms with Crippen molar-refractivity contribution in [1.29, 1.82) is 0 Å². The zero-order valence-electron chi connectivity index (χ0n) is 52.7. The summed E-state index contributed by atoms with van der Waals surface area (Å²) in [6.07, 6.45) is 17.4. The number of aromatic nitrogens is 12. The average Bonchev–Trinajstić information content (AvgIpc) is 3.08. The molecule has 4 atom stereocenters. The molecule has 30 heteroatoms. The van der Waals surface area contributed by atoms with E-state index in [1.165, 1.54) is 19.2 Å². The molecule has 4 saturated heterocycles. The average molecular weight is 1290 g/mol. The van der Waals surface area contributed by atoms with Crippen LogP contribution in [0.15, 0.2) is 55.8 Å². The molecular formula is C59H89Cl2N21O6Si. The van der Waals surface area contributed by atoms with E-state index in [0.29, 0.717) is 54.6 Å². The van der Waals surface area contributed by atoms with Crippen molar-refractivity contribution in [2.45, 2.75) is 161 Å². The van der Waals surface area contributed by atoms with Gasteiger partial charge in [0.05, 0.1) is 41.3 Å². The maximum Gasteiger partial charge on any atom is 0.410 e. The third kappa shape index (κ3) is 21.5. The molecular weight excluding hydrogens is 1200 g/mol. The van der Waals surface area contributed by atoms with Gasteiger partial charge in [-0.15, -0.1) is 0 Å². The summed E-state index contributed by atoms with van der Waals surface area (Å²) >= 11 is 12.0. The Hall–Kier alpha value is -7.24. The molecule has 0 radical (unpaired) electrons. The standard InChI is InChI=1S/C21H36N6O3Si.C18H19Cl2N7O.C10H14N6.C10H20N2O2/c1-21(2,3)30-20(28)26-9-7-8-16(13-26)25-18-17-12-24-27(19(17)23-14-22-18)15-29-10-11-31(4,5)6;19-11-4-12(20)6-14(5-11)21-8-16(28)27-3-1-2-13(9-27)25-17-15-7-24-26-18(15)23-10-22-17;1-2-7(4-11-3-1)15-9-8-5-14-16-10(8)13-6-12-9;1-10(2,3)14-9(13)12-6-4-5-8(11)7-12/h12,14,16H,7-11,13,15H2,1-6H3,(H,22,23,25);4-7,10,13,21H,1-3,8-9H2,(H2,22,23,24,25,26);5-7,11H,1-4H2,(H2,12,13,14,15,16);8H,4-7,11H2,1-3H3/t16-;13-;7-;8-/m0000/s1. The van der Waals surface area contributed by atoms with Crippen LogP contribution in [-0.2, 0) is 25.7 Å². The van der Waals surface area contributed by atoms with Gasteiger partial charge in [0.15, 0.2) is 16.9 Å². The minimum atomic E-state index is -1.12. The Morgan fingerprint density at radius 1 is 0.652 bits per heavy atom. The number of nitrogens with one attached hydrogen (secondary N) is 7. The number of hydrogen-bond donors (Lipinski definition) is 8. The summed E-state index contributed by atoms with van der Waals surface area (Å²) in [5.74, 6) is 2.35. The number of likely N-dealkylation sites (tertiary alicyclic amines) is 3. The molecule has 4 aliphatic heterocycles. The van der Waals surface area contributed by atoms with Crippen molar-refractivity contribution in [2.75, 3.05) is 86.8 Å². The van der Waals surface area contributed by atoms with Crippen LogP contribution in [0.1, 0.15) is 92.9 Å². The Morgan fingerprint density at radius 2 is 1.17 bits per heavy atom. The van der Waals surface area contributed by atoms with Gasteiger partial charge in [-0.25, -0.2) is 44.2 Å². The molecule has 10 heterocycles. The zero-order valence-corrected chi connectivity index (χ0v) is 55.3. The second-order valence-electron chi connectivity index (χ2n) is 25.9. The molecule has 89 heavy (non-hydrogen) atoms. The lowest BCUT2D eigenvalue weighted by molar-refractivity contribution is -0.130. The number of H-pyrrole nitrogens is 2. The molecule has 484 valence electrons. The van der Waals surface area contributed by atoms with Crippen molar-refractivity contribution in [2.24, 2.45) is 5.73 Å². The Morgan fingerprint density at radius 3 is 1.72 bits per heavy atom. The second-order valence-corrected chi connectivity index (χ2v) is 32.4. The Labute approximate surface area is 530 Å². The van der Waals surface area contributed by atoms with Gasteiger partial charge in [0.1, 0.15) is 54.4 Å². The van der Waals surface area contributed by atoms with E-state index in [-0.39, 0.29) is 42.8 Å². The van der Waals surface area contributed by atoms with Gasteiger partial charge in [0, 0.05) is 100 Å². The second kappa shape index (κ2) is 31.5. The van der Waals surface area contributed by atoms with Gasteiger partial charge in [-0.05, 0) is 124 Å². The van der Waals surface area contributed by atoms with Crippen LogP contribution in [0.2, 0.25) is 35.7 Å². The van der Waals surface area contributed by atoms with E-state index < -0.39 is 19.3 Å². The van der Waals surface area contributed by atoms with E-state index >= 15 is 0 Å². The number of nitrogens with zero attached hydrogens (tertiary/aromatic N) is 13. The molecule has 4 aliphatic rings. The molecule has 4 fully saturated rings. The van der Waals surface area contributed by atoms with Crippen molar-refractivity contribution >= 4 is 106 Å². The summed E-state index contributed by atoms with van der Waals surface area (Å²) in [7, 11) is -1.12. The number of ether oxygens (including phenoxy) is 3. The number of carbonyl (C=O) groups is 3. The van der Waals surface area contributed by atoms with E-state index in [9.17, 15) is 14.4 Å². The van der Waals surface area contributed by atoms with E-state index in [1.54, 1.807) is 63.9 Å². The molecule has 0 saturated carbocycles. The van der Waals surface area contributed by atoms with Gasteiger partial charge in [-0.3, -0.25) is 15.0 Å². The quantitative estimate of drug-likeness (QED) is 0.0372. The predicted octanol–water partition coefficient (Wildman–Crippen LogP) is 8.99. The number of piperidine rings is 4. The number of benzene rings is 1. The number of rotatable bonds is 14. The maximum atomic E-state index is 12.6. The molecule has 3 amide bonds. The van der Waals surface area contributed by atoms with Gasteiger partial charge in [0.2, 0.25) is 5.91 Å². The van der Waals surface area contributed by atoms with E-state index in [4.69, 9.17) is 43.1 Å². The van der Waals surface area contributed by atoms with Crippen LogP contribution in [-0.4, -0.2) is 202 Å². The van der Waals surface area contributed by atoms with Crippen molar-refractivity contribution in [3.63, 3.8) is 0 Å². The van der Waals surface area contributed by atoms with E-state index in [0.717, 1.165) is 128 Å². The molecule has 11 rings (SSSR count). The third-order valence-corrected chi connectivity index (χ3v) is 16.9. The smallest absolute Gasteiger partial charge is 0.410 e. The van der Waals surface area contributed by atoms with E-state index in [2.05, 4.69) is 102 Å². The fourth-order valence-electron chi connectivity index (χ4n) is 10.3. The van der Waals surface area contributed by atoms with Crippen LogP contribution in [0.25, 0.3) is 33.1 Å². The minimum Gasteiger partial charge on any atom is -0.444 e. The number of anilines is 4. The summed E-state index contributed by atoms with van der Waals surface area (Å²) in [5.41, 5.74) is 7.79. The SMILES string of the molecule is CC(C)(C)OC(=O)N1CCC[C@H](N)C1.CC(C)(C)OC(=O)N1CCC[C@H](Nc2ncnc3c2cnn3COCC[Si](C)(C)C)C1.O=C(CNc1cc(Cl)cc(Cl)c1)N1CCC[C@H](Nc2ncnc3[nH]ncc23)C1.c1nc(N[C@H]2CCCNC2)c2cn[nH]c2n1. The van der Waals surface area contributed by atoms with Gasteiger partial charge in [-0.1, -0.05) is 42.8 Å². The van der Waals surface area contributed by atoms with E-state index in [1.807, 2.05) is 46.4 Å². The number of hydrogen-bond acceptors (Lipinski definition) is 21. The van der Waals surface area contributed by atoms with Gasteiger partial charge < -0.3 is 61.2 Å². The Balaban J connectivity index is 0.000000161. The van der Waals surface area contributed by atoms with Crippen LogP contribution < -0.4 is 32.3 Å². The van der Waals surface area contributed by atoms with Crippen LogP contribution >= 0.6 is 23.2 Å². The first-order valence-electron chi connectivity index (χ1n) is 30.6. The monoisotopic (exact) mass is 1290 g/mol. The normalized spacial score (nSPS) is 19.0. The lowest BCUT2D eigenvalue weighted by Crippen LogP contribution is -2.47.